The van der Waals surface area contributed by atoms with Crippen molar-refractivity contribution in [1.82, 2.24) is 8.75 Å². The maximum Gasteiger partial charge on any atom is 0.266 e. The molecule has 1 aliphatic rings. The fourth-order valence-corrected chi connectivity index (χ4v) is 1.98. The van der Waals surface area contributed by atoms with Gasteiger partial charge in [0, 0.05) is 12.8 Å². The van der Waals surface area contributed by atoms with Crippen LogP contribution in [0.4, 0.5) is 8.78 Å². The number of halogens is 2. The molecule has 0 aliphatic heterocycles. The van der Waals surface area contributed by atoms with E-state index >= 15 is 0 Å². The maximum atomic E-state index is 12.8. The fourth-order valence-electron chi connectivity index (χ4n) is 1.55. The lowest BCUT2D eigenvalue weighted by Crippen LogP contribution is -2.35. The summed E-state index contributed by atoms with van der Waals surface area (Å²) in [5.41, 5.74) is -0.561. The van der Waals surface area contributed by atoms with Gasteiger partial charge in [-0.25, -0.2) is 8.78 Å². The third-order valence-electron chi connectivity index (χ3n) is 2.42. The summed E-state index contributed by atoms with van der Waals surface area (Å²) in [7, 11) is 0. The van der Waals surface area contributed by atoms with Gasteiger partial charge in [0.15, 0.2) is 0 Å². The molecule has 2 rings (SSSR count). The molecule has 0 aromatic carbocycles. The van der Waals surface area contributed by atoms with Crippen molar-refractivity contribution in [2.75, 3.05) is 0 Å². The van der Waals surface area contributed by atoms with Crippen LogP contribution in [0.15, 0.2) is 18.3 Å². The maximum absolute atomic E-state index is 12.8. The smallest absolute Gasteiger partial charge is 0.266 e. The summed E-state index contributed by atoms with van der Waals surface area (Å²) in [6.45, 7) is 0. The van der Waals surface area contributed by atoms with Crippen molar-refractivity contribution < 1.29 is 13.9 Å². The normalized spacial score (nSPS) is 29.3. The molecule has 3 nitrogen and oxygen atoms in total. The third-order valence-corrected chi connectivity index (χ3v) is 2.94. The molecule has 82 valence electrons. The summed E-state index contributed by atoms with van der Waals surface area (Å²) in [6.07, 6.45) is 3.47. The highest BCUT2D eigenvalue weighted by atomic mass is 32.1. The number of allylic oxidation sites excluding steroid dienone is 1. The predicted octanol–water partition coefficient (Wildman–Crippen LogP) is 1.80. The number of hydrogen-bond donors (Lipinski definition) is 1. The van der Waals surface area contributed by atoms with Crippen molar-refractivity contribution in [1.29, 1.82) is 0 Å². The van der Waals surface area contributed by atoms with Gasteiger partial charge in [-0.2, -0.15) is 8.75 Å². The van der Waals surface area contributed by atoms with Crippen LogP contribution in [0.25, 0.3) is 0 Å². The molecule has 0 radical (unpaired) electrons. The Morgan fingerprint density at radius 3 is 2.73 bits per heavy atom. The molecule has 1 atom stereocenters. The Morgan fingerprint density at radius 2 is 2.20 bits per heavy atom. The van der Waals surface area contributed by atoms with E-state index in [1.54, 1.807) is 6.20 Å². The SMILES string of the molecule is OC1(Cc2cnsn2)C=CC(F)(F)CC1. The van der Waals surface area contributed by atoms with Crippen LogP contribution in [0.1, 0.15) is 18.5 Å². The second kappa shape index (κ2) is 3.61. The van der Waals surface area contributed by atoms with E-state index in [-0.39, 0.29) is 19.3 Å². The van der Waals surface area contributed by atoms with Crippen molar-refractivity contribution in [3.05, 3.63) is 24.0 Å². The fraction of sp³-hybridized carbons (Fsp3) is 0.556. The second-order valence-electron chi connectivity index (χ2n) is 3.77. The van der Waals surface area contributed by atoms with Gasteiger partial charge in [0.05, 0.1) is 29.2 Å². The first-order valence-electron chi connectivity index (χ1n) is 4.56. The van der Waals surface area contributed by atoms with Gasteiger partial charge >= 0.3 is 0 Å². The van der Waals surface area contributed by atoms with E-state index in [2.05, 4.69) is 8.75 Å². The van der Waals surface area contributed by atoms with Crippen LogP contribution in [-0.2, 0) is 6.42 Å². The molecule has 1 unspecified atom stereocenters. The molecule has 1 heterocycles. The van der Waals surface area contributed by atoms with Crippen molar-refractivity contribution in [2.24, 2.45) is 0 Å². The molecular weight excluding hydrogens is 222 g/mol. The number of alkyl halides is 2. The van der Waals surface area contributed by atoms with Gasteiger partial charge in [0.25, 0.3) is 5.92 Å². The summed E-state index contributed by atoms with van der Waals surface area (Å²) < 4.78 is 33.3. The van der Waals surface area contributed by atoms with Crippen LogP contribution in [-0.4, -0.2) is 25.4 Å². The Bertz CT molecular complexity index is 366. The summed E-state index contributed by atoms with van der Waals surface area (Å²) in [5, 5.41) is 9.99. The first-order valence-corrected chi connectivity index (χ1v) is 5.29. The molecule has 0 saturated carbocycles. The highest BCUT2D eigenvalue weighted by molar-refractivity contribution is 6.99. The van der Waals surface area contributed by atoms with Gasteiger partial charge in [-0.05, 0) is 12.5 Å². The van der Waals surface area contributed by atoms with Gasteiger partial charge in [-0.15, -0.1) is 0 Å². The van der Waals surface area contributed by atoms with Crippen LogP contribution < -0.4 is 0 Å². The minimum Gasteiger partial charge on any atom is -0.385 e. The molecular formula is C9H10F2N2OS. The predicted molar refractivity (Wildman–Crippen MR) is 51.9 cm³/mol. The Labute approximate surface area is 89.8 Å². The zero-order valence-corrected chi connectivity index (χ0v) is 8.68. The molecule has 6 heteroatoms. The topological polar surface area (TPSA) is 46.0 Å². The Hall–Kier alpha value is -0.880. The number of rotatable bonds is 2. The molecule has 0 amide bonds. The molecule has 1 aliphatic carbocycles. The lowest BCUT2D eigenvalue weighted by atomic mass is 9.86. The zero-order valence-electron chi connectivity index (χ0n) is 7.86. The van der Waals surface area contributed by atoms with Crippen LogP contribution in [0.5, 0.6) is 0 Å². The van der Waals surface area contributed by atoms with Crippen molar-refractivity contribution >= 4 is 11.7 Å². The molecule has 1 N–H and O–H groups in total. The van der Waals surface area contributed by atoms with Crippen molar-refractivity contribution in [2.45, 2.75) is 30.8 Å². The lowest BCUT2D eigenvalue weighted by Gasteiger charge is -2.30. The molecule has 1 aromatic heterocycles. The van der Waals surface area contributed by atoms with Gasteiger partial charge in [0.1, 0.15) is 0 Å². The molecule has 0 spiro atoms. The average molecular weight is 232 g/mol. The highest BCUT2D eigenvalue weighted by Gasteiger charge is 2.37. The van der Waals surface area contributed by atoms with Crippen LogP contribution >= 0.6 is 11.7 Å². The molecule has 0 fully saturated rings. The van der Waals surface area contributed by atoms with Crippen LogP contribution in [0.3, 0.4) is 0 Å². The van der Waals surface area contributed by atoms with E-state index in [0.29, 0.717) is 5.69 Å². The monoisotopic (exact) mass is 232 g/mol. The summed E-state index contributed by atoms with van der Waals surface area (Å²) >= 11 is 1.04. The van der Waals surface area contributed by atoms with Gasteiger partial charge in [0.2, 0.25) is 0 Å². The minimum atomic E-state index is -2.79. The quantitative estimate of drug-likeness (QED) is 0.791. The van der Waals surface area contributed by atoms with E-state index in [4.69, 9.17) is 0 Å². The number of hydrogen-bond acceptors (Lipinski definition) is 4. The third kappa shape index (κ3) is 2.57. The zero-order chi connectivity index (χ0) is 10.9. The molecule has 0 bridgehead atoms. The van der Waals surface area contributed by atoms with Gasteiger partial charge < -0.3 is 5.11 Å². The summed E-state index contributed by atoms with van der Waals surface area (Å²) in [4.78, 5) is 0. The second-order valence-corrected chi connectivity index (χ2v) is 4.33. The Kier molecular flexibility index (Phi) is 2.56. The lowest BCUT2D eigenvalue weighted by molar-refractivity contribution is -0.0117. The molecule has 0 saturated heterocycles. The van der Waals surface area contributed by atoms with Crippen LogP contribution in [0, 0.1) is 0 Å². The van der Waals surface area contributed by atoms with Crippen LogP contribution in [0.2, 0.25) is 0 Å². The summed E-state index contributed by atoms with van der Waals surface area (Å²) in [5.74, 6) is -2.79. The standard InChI is InChI=1S/C9H10F2N2OS/c10-9(11)3-1-8(14,2-4-9)5-7-6-12-15-13-7/h1,3,6,14H,2,4-5H2. The highest BCUT2D eigenvalue weighted by Crippen LogP contribution is 2.34. The number of nitrogens with zero attached hydrogens (tertiary/aromatic N) is 2. The van der Waals surface area contributed by atoms with Crippen molar-refractivity contribution in [3.63, 3.8) is 0 Å². The van der Waals surface area contributed by atoms with E-state index in [1.807, 2.05) is 0 Å². The van der Waals surface area contributed by atoms with E-state index < -0.39 is 11.5 Å². The molecule has 1 aromatic rings. The minimum absolute atomic E-state index is 0.0496. The summed E-state index contributed by atoms with van der Waals surface area (Å²) in [6, 6.07) is 0. The van der Waals surface area contributed by atoms with E-state index in [9.17, 15) is 13.9 Å². The Morgan fingerprint density at radius 1 is 1.40 bits per heavy atom. The molecule has 15 heavy (non-hydrogen) atoms. The van der Waals surface area contributed by atoms with E-state index in [1.165, 1.54) is 6.08 Å². The van der Waals surface area contributed by atoms with Gasteiger partial charge in [-0.1, -0.05) is 6.08 Å². The van der Waals surface area contributed by atoms with Crippen molar-refractivity contribution in [3.8, 4) is 0 Å². The number of aliphatic hydroxyl groups is 1. The largest absolute Gasteiger partial charge is 0.385 e. The number of aromatic nitrogens is 2. The average Bonchev–Trinajstić information content (AvgIpc) is 2.64. The first-order chi connectivity index (χ1) is 6.99. The van der Waals surface area contributed by atoms with E-state index in [0.717, 1.165) is 17.8 Å². The van der Waals surface area contributed by atoms with Gasteiger partial charge in [-0.3, -0.25) is 0 Å². The Balaban J connectivity index is 2.09. The first kappa shape index (κ1) is 10.6.